The van der Waals surface area contributed by atoms with Crippen molar-refractivity contribution in [3.05, 3.63) is 64.9 Å². The van der Waals surface area contributed by atoms with Gasteiger partial charge in [-0.2, -0.15) is 0 Å². The number of benzene rings is 1. The van der Waals surface area contributed by atoms with Gasteiger partial charge in [-0.05, 0) is 68.2 Å². The van der Waals surface area contributed by atoms with Crippen LogP contribution in [0.5, 0.6) is 0 Å². The van der Waals surface area contributed by atoms with E-state index >= 15 is 0 Å². The Morgan fingerprint density at radius 1 is 1.19 bits per heavy atom. The van der Waals surface area contributed by atoms with Crippen molar-refractivity contribution in [1.82, 2.24) is 5.32 Å². The molecule has 1 amide bonds. The number of carbonyl (C=O) groups is 1. The van der Waals surface area contributed by atoms with E-state index in [-0.39, 0.29) is 17.9 Å². The summed E-state index contributed by atoms with van der Waals surface area (Å²) in [5.74, 6) is 0.663. The van der Waals surface area contributed by atoms with Crippen LogP contribution in [0.3, 0.4) is 0 Å². The molecule has 0 bridgehead atoms. The van der Waals surface area contributed by atoms with E-state index in [2.05, 4.69) is 73.5 Å². The van der Waals surface area contributed by atoms with E-state index in [4.69, 9.17) is 4.99 Å². The number of para-hydroxylation sites is 1. The topological polar surface area (TPSA) is 44.7 Å². The van der Waals surface area contributed by atoms with Gasteiger partial charge in [0.05, 0.1) is 11.3 Å². The average Bonchev–Trinajstić information content (AvgIpc) is 2.80. The number of rotatable bonds is 5. The third-order valence-corrected chi connectivity index (χ3v) is 6.96. The molecule has 0 saturated heterocycles. The third-order valence-electron chi connectivity index (χ3n) is 6.96. The molecule has 170 valence electrons. The highest BCUT2D eigenvalue weighted by Gasteiger charge is 2.42. The Bertz CT molecular complexity index is 984. The lowest BCUT2D eigenvalue weighted by Gasteiger charge is -2.48. The molecule has 3 aliphatic rings. The van der Waals surface area contributed by atoms with Crippen molar-refractivity contribution in [2.45, 2.75) is 65.8 Å². The maximum Gasteiger partial charge on any atom is 0.253 e. The first-order valence-corrected chi connectivity index (χ1v) is 12.4. The summed E-state index contributed by atoms with van der Waals surface area (Å²) >= 11 is 0. The van der Waals surface area contributed by atoms with Crippen LogP contribution in [0.1, 0.15) is 58.9 Å². The van der Waals surface area contributed by atoms with Crippen molar-refractivity contribution >= 4 is 17.3 Å². The first-order chi connectivity index (χ1) is 15.6. The van der Waals surface area contributed by atoms with Crippen LogP contribution in [-0.4, -0.2) is 30.8 Å². The predicted octanol–water partition coefficient (Wildman–Crippen LogP) is 5.61. The number of anilines is 1. The number of hydrogen-bond donors (Lipinski definition) is 1. The molecule has 0 spiro atoms. The zero-order chi connectivity index (χ0) is 22.7. The number of fused-ring (bicyclic) bond motifs is 5. The fraction of sp³-hybridized carbons (Fsp3) is 0.500. The van der Waals surface area contributed by atoms with Gasteiger partial charge < -0.3 is 10.2 Å². The van der Waals surface area contributed by atoms with Crippen molar-refractivity contribution in [3.63, 3.8) is 0 Å². The smallest absolute Gasteiger partial charge is 0.253 e. The molecule has 4 rings (SSSR count). The van der Waals surface area contributed by atoms with Crippen LogP contribution in [0.25, 0.3) is 0 Å². The lowest BCUT2D eigenvalue weighted by atomic mass is 9.76. The molecule has 1 aromatic carbocycles. The Hall–Kier alpha value is -2.62. The Morgan fingerprint density at radius 2 is 2.00 bits per heavy atom. The number of hydrogen-bond acceptors (Lipinski definition) is 3. The molecule has 0 saturated carbocycles. The van der Waals surface area contributed by atoms with Crippen LogP contribution in [0.15, 0.2) is 64.3 Å². The largest absolute Gasteiger partial charge is 0.352 e. The molecular formula is C28H37N3O. The second kappa shape index (κ2) is 9.89. The lowest BCUT2D eigenvalue weighted by Crippen LogP contribution is -2.50. The van der Waals surface area contributed by atoms with Crippen molar-refractivity contribution in [1.29, 1.82) is 0 Å². The zero-order valence-corrected chi connectivity index (χ0v) is 20.0. The minimum absolute atomic E-state index is 0.0329. The summed E-state index contributed by atoms with van der Waals surface area (Å²) in [6, 6.07) is 9.02. The van der Waals surface area contributed by atoms with Gasteiger partial charge in [0.25, 0.3) is 5.91 Å². The second-order valence-corrected chi connectivity index (χ2v) is 9.23. The summed E-state index contributed by atoms with van der Waals surface area (Å²) in [6.45, 7) is 10.1. The number of likely N-dealkylation sites (N-methyl/N-ethyl adjacent to an activating group) is 1. The van der Waals surface area contributed by atoms with Gasteiger partial charge in [0, 0.05) is 36.4 Å². The Labute approximate surface area is 193 Å². The second-order valence-electron chi connectivity index (χ2n) is 9.23. The van der Waals surface area contributed by atoms with E-state index in [0.29, 0.717) is 12.5 Å². The first kappa shape index (κ1) is 22.6. The third kappa shape index (κ3) is 4.20. The summed E-state index contributed by atoms with van der Waals surface area (Å²) in [6.07, 6.45) is 11.9. The molecular weight excluding hydrogens is 394 g/mol. The van der Waals surface area contributed by atoms with Gasteiger partial charge in [-0.15, -0.1) is 0 Å². The molecule has 0 aromatic heterocycles. The van der Waals surface area contributed by atoms with Crippen molar-refractivity contribution in [2.75, 3.05) is 18.0 Å². The standard InChI is InChI=1S/C28H37N3O/c1-5-16-30-24-14-12-19(4)13-15-26-22(24)18-23(28(32)29-7-3)27-20(6-2)17-21-10-8-9-11-25(21)31(26)27/h8-12,14,18-19,22,26H,5-7,13,15-17H2,1-4H3,(H,29,32)/b14-12-,30-24?. The summed E-state index contributed by atoms with van der Waals surface area (Å²) in [4.78, 5) is 20.8. The van der Waals surface area contributed by atoms with Crippen LogP contribution >= 0.6 is 0 Å². The van der Waals surface area contributed by atoms with Gasteiger partial charge >= 0.3 is 0 Å². The van der Waals surface area contributed by atoms with E-state index in [1.165, 1.54) is 16.8 Å². The molecule has 0 radical (unpaired) electrons. The lowest BCUT2D eigenvalue weighted by molar-refractivity contribution is -0.117. The van der Waals surface area contributed by atoms with Crippen molar-refractivity contribution in [3.8, 4) is 0 Å². The summed E-state index contributed by atoms with van der Waals surface area (Å²) in [7, 11) is 0. The van der Waals surface area contributed by atoms with Crippen molar-refractivity contribution in [2.24, 2.45) is 16.8 Å². The molecule has 2 heterocycles. The number of nitrogens with one attached hydrogen (secondary N) is 1. The first-order valence-electron chi connectivity index (χ1n) is 12.4. The van der Waals surface area contributed by atoms with Crippen LogP contribution in [0.2, 0.25) is 0 Å². The van der Waals surface area contributed by atoms with Crippen LogP contribution in [-0.2, 0) is 11.2 Å². The van der Waals surface area contributed by atoms with E-state index in [1.807, 2.05) is 6.92 Å². The zero-order valence-electron chi connectivity index (χ0n) is 20.0. The summed E-state index contributed by atoms with van der Waals surface area (Å²) < 4.78 is 0. The molecule has 4 nitrogen and oxygen atoms in total. The van der Waals surface area contributed by atoms with Gasteiger partial charge in [0.15, 0.2) is 0 Å². The molecule has 1 N–H and O–H groups in total. The highest BCUT2D eigenvalue weighted by atomic mass is 16.1. The maximum absolute atomic E-state index is 13.3. The van der Waals surface area contributed by atoms with Crippen molar-refractivity contribution < 1.29 is 4.79 Å². The van der Waals surface area contributed by atoms with Gasteiger partial charge in [-0.25, -0.2) is 0 Å². The van der Waals surface area contributed by atoms with E-state index in [9.17, 15) is 4.79 Å². The molecule has 2 aliphatic heterocycles. The van der Waals surface area contributed by atoms with Crippen LogP contribution in [0.4, 0.5) is 5.69 Å². The van der Waals surface area contributed by atoms with Crippen LogP contribution < -0.4 is 10.2 Å². The average molecular weight is 432 g/mol. The highest BCUT2D eigenvalue weighted by Crippen LogP contribution is 2.45. The predicted molar refractivity (Wildman–Crippen MR) is 134 cm³/mol. The van der Waals surface area contributed by atoms with Gasteiger partial charge in [-0.1, -0.05) is 51.1 Å². The minimum atomic E-state index is 0.0329. The fourth-order valence-electron chi connectivity index (χ4n) is 5.32. The van der Waals surface area contributed by atoms with Gasteiger partial charge in [-0.3, -0.25) is 9.79 Å². The molecule has 4 heteroatoms. The van der Waals surface area contributed by atoms with E-state index in [1.54, 1.807) is 0 Å². The summed E-state index contributed by atoms with van der Waals surface area (Å²) in [5.41, 5.74) is 7.07. The van der Waals surface area contributed by atoms with E-state index < -0.39 is 0 Å². The Kier molecular flexibility index (Phi) is 6.98. The normalized spacial score (nSPS) is 27.0. The maximum atomic E-state index is 13.3. The quantitative estimate of drug-likeness (QED) is 0.658. The number of allylic oxidation sites excluding steroid dienone is 3. The molecule has 1 aromatic rings. The number of nitrogens with zero attached hydrogens (tertiary/aromatic N) is 2. The van der Waals surface area contributed by atoms with Gasteiger partial charge in [0.1, 0.15) is 0 Å². The van der Waals surface area contributed by atoms with Gasteiger partial charge in [0.2, 0.25) is 0 Å². The minimum Gasteiger partial charge on any atom is -0.352 e. The monoisotopic (exact) mass is 431 g/mol. The number of aliphatic imine (C=N–C) groups is 1. The molecule has 32 heavy (non-hydrogen) atoms. The Morgan fingerprint density at radius 3 is 2.75 bits per heavy atom. The van der Waals surface area contributed by atoms with Crippen LogP contribution in [0, 0.1) is 11.8 Å². The SMILES string of the molecule is CCCN=C1/C=C\C(C)CCC2C1C=C(C(=O)NCC)C1=C(CC)Cc3ccccc3N12. The molecule has 3 unspecified atom stereocenters. The fourth-order valence-corrected chi connectivity index (χ4v) is 5.32. The van der Waals surface area contributed by atoms with E-state index in [0.717, 1.165) is 55.6 Å². The Balaban J connectivity index is 1.95. The highest BCUT2D eigenvalue weighted by molar-refractivity contribution is 6.05. The number of carbonyl (C=O) groups excluding carboxylic acids is 1. The number of amides is 1. The molecule has 3 atom stereocenters. The summed E-state index contributed by atoms with van der Waals surface area (Å²) in [5, 5.41) is 3.08. The molecule has 1 aliphatic carbocycles. The molecule has 0 fully saturated rings.